The number of nitrogens with two attached hydrogens (primary N) is 1. The van der Waals surface area contributed by atoms with Crippen LogP contribution in [0.1, 0.15) is 19.4 Å². The van der Waals surface area contributed by atoms with Gasteiger partial charge in [0.05, 0.1) is 6.21 Å². The smallest absolute Gasteiger partial charge is 0.122 e. The van der Waals surface area contributed by atoms with Crippen LogP contribution in [0.15, 0.2) is 29.4 Å². The highest BCUT2D eigenvalue weighted by atomic mass is 16.6. The quantitative estimate of drug-likeness (QED) is 0.437. The van der Waals surface area contributed by atoms with Gasteiger partial charge in [-0.15, -0.1) is 0 Å². The summed E-state index contributed by atoms with van der Waals surface area (Å²) in [5, 5.41) is 3.80. The maximum absolute atomic E-state index is 5.69. The monoisotopic (exact) mass is 178 g/mol. The molecule has 0 spiro atoms. The Hall–Kier alpha value is -1.51. The first kappa shape index (κ1) is 9.58. The zero-order valence-corrected chi connectivity index (χ0v) is 7.90. The van der Waals surface area contributed by atoms with Gasteiger partial charge in [0.2, 0.25) is 0 Å². The maximum Gasteiger partial charge on any atom is 0.122 e. The van der Waals surface area contributed by atoms with Crippen molar-refractivity contribution < 1.29 is 4.84 Å². The molecule has 3 nitrogen and oxygen atoms in total. The Morgan fingerprint density at radius 1 is 1.38 bits per heavy atom. The molecule has 0 aliphatic carbocycles. The van der Waals surface area contributed by atoms with Crippen LogP contribution in [0.2, 0.25) is 0 Å². The zero-order valence-electron chi connectivity index (χ0n) is 7.90. The van der Waals surface area contributed by atoms with Gasteiger partial charge in [0.1, 0.15) is 6.10 Å². The number of nitrogen functional groups attached to an aromatic ring is 1. The molecule has 0 saturated carbocycles. The molecular weight excluding hydrogens is 164 g/mol. The second kappa shape index (κ2) is 4.50. The Kier molecular flexibility index (Phi) is 3.31. The Morgan fingerprint density at radius 2 is 2.08 bits per heavy atom. The molecule has 0 fully saturated rings. The fourth-order valence-corrected chi connectivity index (χ4v) is 0.837. The summed E-state index contributed by atoms with van der Waals surface area (Å²) in [7, 11) is 0. The van der Waals surface area contributed by atoms with E-state index in [1.54, 1.807) is 6.21 Å². The Bertz CT molecular complexity index is 295. The van der Waals surface area contributed by atoms with Gasteiger partial charge in [-0.3, -0.25) is 0 Å². The summed E-state index contributed by atoms with van der Waals surface area (Å²) >= 11 is 0. The normalized spacial score (nSPS) is 11.0. The van der Waals surface area contributed by atoms with Gasteiger partial charge < -0.3 is 10.6 Å². The molecule has 0 bridgehead atoms. The Labute approximate surface area is 78.2 Å². The molecule has 0 aliphatic rings. The molecule has 0 amide bonds. The topological polar surface area (TPSA) is 47.6 Å². The van der Waals surface area contributed by atoms with E-state index in [0.717, 1.165) is 5.56 Å². The molecule has 0 atom stereocenters. The van der Waals surface area contributed by atoms with Crippen LogP contribution in [0.5, 0.6) is 0 Å². The van der Waals surface area contributed by atoms with E-state index < -0.39 is 0 Å². The van der Waals surface area contributed by atoms with E-state index in [2.05, 4.69) is 5.16 Å². The van der Waals surface area contributed by atoms with Crippen molar-refractivity contribution in [2.45, 2.75) is 20.0 Å². The molecule has 1 aromatic rings. The summed E-state index contributed by atoms with van der Waals surface area (Å²) in [5.74, 6) is 0. The zero-order chi connectivity index (χ0) is 9.68. The number of para-hydroxylation sites is 1. The third kappa shape index (κ3) is 3.15. The SMILES string of the molecule is CC(C)ON=Cc1ccccc1N. The molecule has 0 saturated heterocycles. The standard InChI is InChI=1S/C10H14N2O/c1-8(2)13-12-7-9-5-3-4-6-10(9)11/h3-8H,11H2,1-2H3. The molecule has 70 valence electrons. The molecule has 0 radical (unpaired) electrons. The largest absolute Gasteiger partial charge is 0.398 e. The van der Waals surface area contributed by atoms with Crippen LogP contribution in [0.25, 0.3) is 0 Å². The van der Waals surface area contributed by atoms with E-state index in [4.69, 9.17) is 10.6 Å². The molecule has 1 aromatic carbocycles. The van der Waals surface area contributed by atoms with Crippen molar-refractivity contribution in [2.24, 2.45) is 5.16 Å². The second-order valence-corrected chi connectivity index (χ2v) is 3.02. The minimum atomic E-state index is 0.0983. The first-order valence-electron chi connectivity index (χ1n) is 4.24. The average molecular weight is 178 g/mol. The number of hydrogen-bond acceptors (Lipinski definition) is 3. The van der Waals surface area contributed by atoms with E-state index in [1.807, 2.05) is 38.1 Å². The van der Waals surface area contributed by atoms with E-state index in [-0.39, 0.29) is 6.10 Å². The third-order valence-electron chi connectivity index (χ3n) is 1.46. The minimum Gasteiger partial charge on any atom is -0.398 e. The fraction of sp³-hybridized carbons (Fsp3) is 0.300. The van der Waals surface area contributed by atoms with Gasteiger partial charge in [-0.25, -0.2) is 0 Å². The van der Waals surface area contributed by atoms with E-state index >= 15 is 0 Å². The van der Waals surface area contributed by atoms with Crippen molar-refractivity contribution in [3.8, 4) is 0 Å². The summed E-state index contributed by atoms with van der Waals surface area (Å²) in [4.78, 5) is 5.01. The molecule has 2 N–H and O–H groups in total. The first-order valence-corrected chi connectivity index (χ1v) is 4.24. The van der Waals surface area contributed by atoms with Crippen LogP contribution in [-0.4, -0.2) is 12.3 Å². The summed E-state index contributed by atoms with van der Waals surface area (Å²) in [6, 6.07) is 7.52. The third-order valence-corrected chi connectivity index (χ3v) is 1.46. The van der Waals surface area contributed by atoms with E-state index in [0.29, 0.717) is 5.69 Å². The van der Waals surface area contributed by atoms with Gasteiger partial charge >= 0.3 is 0 Å². The van der Waals surface area contributed by atoms with Crippen molar-refractivity contribution in [3.05, 3.63) is 29.8 Å². The molecule has 1 rings (SSSR count). The minimum absolute atomic E-state index is 0.0983. The van der Waals surface area contributed by atoms with Crippen molar-refractivity contribution in [1.29, 1.82) is 0 Å². The van der Waals surface area contributed by atoms with Gasteiger partial charge in [-0.2, -0.15) is 0 Å². The van der Waals surface area contributed by atoms with Gasteiger partial charge in [-0.1, -0.05) is 23.4 Å². The van der Waals surface area contributed by atoms with Crippen molar-refractivity contribution in [2.75, 3.05) is 5.73 Å². The van der Waals surface area contributed by atoms with Gasteiger partial charge in [-0.05, 0) is 19.9 Å². The van der Waals surface area contributed by atoms with Gasteiger partial charge in [0.15, 0.2) is 0 Å². The fourth-order valence-electron chi connectivity index (χ4n) is 0.837. The highest BCUT2D eigenvalue weighted by molar-refractivity contribution is 5.86. The summed E-state index contributed by atoms with van der Waals surface area (Å²) < 4.78 is 0. The van der Waals surface area contributed by atoms with Crippen LogP contribution in [0, 0.1) is 0 Å². The van der Waals surface area contributed by atoms with Crippen molar-refractivity contribution in [3.63, 3.8) is 0 Å². The number of hydrogen-bond donors (Lipinski definition) is 1. The maximum atomic E-state index is 5.69. The average Bonchev–Trinajstić information content (AvgIpc) is 2.08. The van der Waals surface area contributed by atoms with E-state index in [9.17, 15) is 0 Å². The molecule has 3 heteroatoms. The first-order chi connectivity index (χ1) is 6.20. The van der Waals surface area contributed by atoms with Gasteiger partial charge in [0.25, 0.3) is 0 Å². The molecule has 0 aromatic heterocycles. The van der Waals surface area contributed by atoms with Crippen LogP contribution in [0.3, 0.4) is 0 Å². The van der Waals surface area contributed by atoms with Crippen molar-refractivity contribution >= 4 is 11.9 Å². The number of anilines is 1. The lowest BCUT2D eigenvalue weighted by Gasteiger charge is -2.01. The van der Waals surface area contributed by atoms with Gasteiger partial charge in [0, 0.05) is 11.3 Å². The summed E-state index contributed by atoms with van der Waals surface area (Å²) in [6.45, 7) is 3.84. The second-order valence-electron chi connectivity index (χ2n) is 3.02. The molecule has 0 aliphatic heterocycles. The van der Waals surface area contributed by atoms with Crippen LogP contribution >= 0.6 is 0 Å². The van der Waals surface area contributed by atoms with Crippen LogP contribution in [-0.2, 0) is 4.84 Å². The Morgan fingerprint density at radius 3 is 2.69 bits per heavy atom. The van der Waals surface area contributed by atoms with E-state index in [1.165, 1.54) is 0 Å². The van der Waals surface area contributed by atoms with Crippen molar-refractivity contribution in [1.82, 2.24) is 0 Å². The molecule has 13 heavy (non-hydrogen) atoms. The molecular formula is C10H14N2O. The highest BCUT2D eigenvalue weighted by Crippen LogP contribution is 2.07. The molecule has 0 heterocycles. The number of rotatable bonds is 3. The number of benzene rings is 1. The van der Waals surface area contributed by atoms with Crippen LogP contribution in [0.4, 0.5) is 5.69 Å². The molecule has 0 unspecified atom stereocenters. The Balaban J connectivity index is 2.63. The highest BCUT2D eigenvalue weighted by Gasteiger charge is 1.93. The lowest BCUT2D eigenvalue weighted by Crippen LogP contribution is -1.97. The lowest BCUT2D eigenvalue weighted by molar-refractivity contribution is 0.0874. The summed E-state index contributed by atoms with van der Waals surface area (Å²) in [5.41, 5.74) is 7.28. The predicted molar refractivity (Wildman–Crippen MR) is 54.7 cm³/mol. The summed E-state index contributed by atoms with van der Waals surface area (Å²) in [6.07, 6.45) is 1.72. The lowest BCUT2D eigenvalue weighted by atomic mass is 10.2. The predicted octanol–water partition coefficient (Wildman–Crippen LogP) is 2.03. The number of nitrogens with zero attached hydrogens (tertiary/aromatic N) is 1. The number of oxime groups is 1. The van der Waals surface area contributed by atoms with Crippen LogP contribution < -0.4 is 5.73 Å².